The predicted molar refractivity (Wildman–Crippen MR) is 68.0 cm³/mol. The summed E-state index contributed by atoms with van der Waals surface area (Å²) < 4.78 is 10.9. The second-order valence-corrected chi connectivity index (χ2v) is 4.78. The van der Waals surface area contributed by atoms with Crippen LogP contribution in [0.2, 0.25) is 0 Å². The summed E-state index contributed by atoms with van der Waals surface area (Å²) in [6.45, 7) is 4.96. The molecule has 1 fully saturated rings. The van der Waals surface area contributed by atoms with Gasteiger partial charge in [-0.3, -0.25) is 0 Å². The number of nitrogens with one attached hydrogen (secondary N) is 1. The van der Waals surface area contributed by atoms with Crippen LogP contribution >= 0.6 is 12.4 Å². The zero-order valence-electron chi connectivity index (χ0n) is 10.2. The molecule has 0 saturated carbocycles. The molecule has 17 heavy (non-hydrogen) atoms. The van der Waals surface area contributed by atoms with Crippen LogP contribution in [-0.4, -0.2) is 36.0 Å². The number of aliphatic hydroxyl groups is 1. The minimum Gasteiger partial charge on any atom is -0.491 e. The standard InChI is InChI=1S/C12H19NO3.ClH/c1-9(2)13-7-12(14)6-11-10(16-8-12)4-3-5-15-11;/h3-5,9,11,13-14H,6-8H2,1-2H3;1H. The first kappa shape index (κ1) is 14.4. The fraction of sp³-hybridized carbons (Fsp3) is 0.667. The number of allylic oxidation sites excluding steroid dienone is 2. The number of fused-ring (bicyclic) bond motifs is 1. The minimum absolute atomic E-state index is 0. The van der Waals surface area contributed by atoms with Gasteiger partial charge in [0.05, 0.1) is 6.26 Å². The van der Waals surface area contributed by atoms with Gasteiger partial charge in [0.1, 0.15) is 18.0 Å². The quantitative estimate of drug-likeness (QED) is 0.805. The Balaban J connectivity index is 0.00000144. The molecule has 2 aliphatic rings. The van der Waals surface area contributed by atoms with Crippen molar-refractivity contribution in [1.29, 1.82) is 0 Å². The van der Waals surface area contributed by atoms with E-state index in [0.29, 0.717) is 25.6 Å². The number of rotatable bonds is 3. The van der Waals surface area contributed by atoms with Gasteiger partial charge >= 0.3 is 0 Å². The molecule has 0 aromatic rings. The number of hydrogen-bond donors (Lipinski definition) is 2. The molecule has 2 N–H and O–H groups in total. The largest absolute Gasteiger partial charge is 0.491 e. The molecule has 2 rings (SSSR count). The lowest BCUT2D eigenvalue weighted by atomic mass is 9.92. The molecule has 5 heteroatoms. The Bertz CT molecular complexity index is 317. The first-order valence-electron chi connectivity index (χ1n) is 5.70. The summed E-state index contributed by atoms with van der Waals surface area (Å²) in [7, 11) is 0. The van der Waals surface area contributed by atoms with Crippen molar-refractivity contribution in [2.45, 2.75) is 38.0 Å². The van der Waals surface area contributed by atoms with E-state index in [2.05, 4.69) is 19.2 Å². The summed E-state index contributed by atoms with van der Waals surface area (Å²) in [5, 5.41) is 13.6. The lowest BCUT2D eigenvalue weighted by Gasteiger charge is -2.39. The lowest BCUT2D eigenvalue weighted by Crippen LogP contribution is -2.52. The van der Waals surface area contributed by atoms with Gasteiger partial charge in [-0.15, -0.1) is 12.4 Å². The molecular formula is C12H20ClNO3. The molecular weight excluding hydrogens is 242 g/mol. The van der Waals surface area contributed by atoms with E-state index in [1.165, 1.54) is 0 Å². The maximum Gasteiger partial charge on any atom is 0.157 e. The average Bonchev–Trinajstić information content (AvgIpc) is 2.26. The molecule has 1 saturated heterocycles. The molecule has 2 unspecified atom stereocenters. The molecule has 0 bridgehead atoms. The molecule has 0 radical (unpaired) electrons. The Morgan fingerprint density at radius 1 is 1.59 bits per heavy atom. The van der Waals surface area contributed by atoms with E-state index in [1.807, 2.05) is 12.2 Å². The van der Waals surface area contributed by atoms with E-state index in [-0.39, 0.29) is 18.5 Å². The summed E-state index contributed by atoms with van der Waals surface area (Å²) in [6.07, 6.45) is 5.77. The third kappa shape index (κ3) is 3.63. The smallest absolute Gasteiger partial charge is 0.157 e. The van der Waals surface area contributed by atoms with Crippen LogP contribution in [-0.2, 0) is 9.47 Å². The number of hydrogen-bond acceptors (Lipinski definition) is 4. The van der Waals surface area contributed by atoms with Gasteiger partial charge in [0.2, 0.25) is 0 Å². The van der Waals surface area contributed by atoms with Crippen molar-refractivity contribution in [2.24, 2.45) is 0 Å². The summed E-state index contributed by atoms with van der Waals surface area (Å²) >= 11 is 0. The minimum atomic E-state index is -0.836. The van der Waals surface area contributed by atoms with Crippen LogP contribution in [0.4, 0.5) is 0 Å². The Kier molecular flexibility index (Phi) is 4.86. The molecule has 2 atom stereocenters. The van der Waals surface area contributed by atoms with Crippen molar-refractivity contribution >= 4 is 12.4 Å². The zero-order chi connectivity index (χ0) is 11.6. The Hall–Kier alpha value is -0.710. The Morgan fingerprint density at radius 3 is 3.06 bits per heavy atom. The summed E-state index contributed by atoms with van der Waals surface area (Å²) in [4.78, 5) is 0. The van der Waals surface area contributed by atoms with Gasteiger partial charge in [0, 0.05) is 19.0 Å². The van der Waals surface area contributed by atoms with E-state index in [9.17, 15) is 5.11 Å². The Labute approximate surface area is 108 Å². The number of ether oxygens (including phenoxy) is 2. The SMILES string of the molecule is CC(C)NCC1(O)COC2=CC=COC2C1.Cl. The van der Waals surface area contributed by atoms with Crippen LogP contribution in [0.1, 0.15) is 20.3 Å². The molecule has 0 amide bonds. The maximum atomic E-state index is 10.3. The summed E-state index contributed by atoms with van der Waals surface area (Å²) in [5.41, 5.74) is -0.836. The first-order valence-corrected chi connectivity index (χ1v) is 5.70. The van der Waals surface area contributed by atoms with Crippen molar-refractivity contribution in [1.82, 2.24) is 5.32 Å². The van der Waals surface area contributed by atoms with Gasteiger partial charge in [-0.1, -0.05) is 13.8 Å². The number of halogens is 1. The van der Waals surface area contributed by atoms with E-state index < -0.39 is 5.60 Å². The molecule has 4 nitrogen and oxygen atoms in total. The molecule has 2 heterocycles. The van der Waals surface area contributed by atoms with Gasteiger partial charge in [-0.25, -0.2) is 0 Å². The van der Waals surface area contributed by atoms with Crippen molar-refractivity contribution in [3.05, 3.63) is 24.2 Å². The molecule has 0 aliphatic carbocycles. The van der Waals surface area contributed by atoms with Gasteiger partial charge in [-0.2, -0.15) is 0 Å². The van der Waals surface area contributed by atoms with E-state index in [1.54, 1.807) is 6.26 Å². The van der Waals surface area contributed by atoms with Crippen LogP contribution in [0.3, 0.4) is 0 Å². The predicted octanol–water partition coefficient (Wildman–Crippen LogP) is 1.35. The van der Waals surface area contributed by atoms with Crippen LogP contribution < -0.4 is 5.32 Å². The molecule has 2 aliphatic heterocycles. The normalized spacial score (nSPS) is 30.8. The third-order valence-corrected chi connectivity index (χ3v) is 2.81. The summed E-state index contributed by atoms with van der Waals surface area (Å²) in [6, 6.07) is 0.355. The molecule has 0 aromatic heterocycles. The summed E-state index contributed by atoms with van der Waals surface area (Å²) in [5.74, 6) is 0.816. The maximum absolute atomic E-state index is 10.3. The fourth-order valence-electron chi connectivity index (χ4n) is 1.88. The average molecular weight is 262 g/mol. The van der Waals surface area contributed by atoms with Crippen molar-refractivity contribution in [3.8, 4) is 0 Å². The second kappa shape index (κ2) is 5.76. The van der Waals surface area contributed by atoms with Crippen LogP contribution in [0.15, 0.2) is 24.2 Å². The third-order valence-electron chi connectivity index (χ3n) is 2.81. The van der Waals surface area contributed by atoms with E-state index >= 15 is 0 Å². The first-order chi connectivity index (χ1) is 7.59. The molecule has 0 spiro atoms. The molecule has 0 aromatic carbocycles. The highest BCUT2D eigenvalue weighted by Crippen LogP contribution is 2.29. The highest BCUT2D eigenvalue weighted by atomic mass is 35.5. The van der Waals surface area contributed by atoms with Crippen LogP contribution in [0, 0.1) is 0 Å². The van der Waals surface area contributed by atoms with Gasteiger partial charge in [0.15, 0.2) is 6.10 Å². The fourth-order valence-corrected chi connectivity index (χ4v) is 1.88. The van der Waals surface area contributed by atoms with Gasteiger partial charge in [0.25, 0.3) is 0 Å². The van der Waals surface area contributed by atoms with Gasteiger partial charge in [-0.05, 0) is 12.2 Å². The zero-order valence-corrected chi connectivity index (χ0v) is 11.0. The monoisotopic (exact) mass is 261 g/mol. The lowest BCUT2D eigenvalue weighted by molar-refractivity contribution is -0.103. The topological polar surface area (TPSA) is 50.7 Å². The second-order valence-electron chi connectivity index (χ2n) is 4.78. The van der Waals surface area contributed by atoms with Gasteiger partial charge < -0.3 is 19.9 Å². The van der Waals surface area contributed by atoms with E-state index in [4.69, 9.17) is 9.47 Å². The van der Waals surface area contributed by atoms with Crippen molar-refractivity contribution in [3.63, 3.8) is 0 Å². The Morgan fingerprint density at radius 2 is 2.35 bits per heavy atom. The van der Waals surface area contributed by atoms with E-state index in [0.717, 1.165) is 5.76 Å². The highest BCUT2D eigenvalue weighted by Gasteiger charge is 2.39. The van der Waals surface area contributed by atoms with Crippen molar-refractivity contribution in [2.75, 3.05) is 13.2 Å². The molecule has 98 valence electrons. The highest BCUT2D eigenvalue weighted by molar-refractivity contribution is 5.85. The van der Waals surface area contributed by atoms with Crippen LogP contribution in [0.25, 0.3) is 0 Å². The van der Waals surface area contributed by atoms with Crippen molar-refractivity contribution < 1.29 is 14.6 Å². The van der Waals surface area contributed by atoms with Crippen LogP contribution in [0.5, 0.6) is 0 Å².